The van der Waals surface area contributed by atoms with Crippen LogP contribution in [0.5, 0.6) is 0 Å². The van der Waals surface area contributed by atoms with E-state index in [1.165, 1.54) is 11.8 Å². The maximum absolute atomic E-state index is 5.62. The second kappa shape index (κ2) is 7.30. The van der Waals surface area contributed by atoms with Crippen molar-refractivity contribution in [2.45, 2.75) is 5.22 Å². The zero-order chi connectivity index (χ0) is 15.2. The van der Waals surface area contributed by atoms with Gasteiger partial charge < -0.3 is 4.42 Å². The van der Waals surface area contributed by atoms with E-state index in [2.05, 4.69) is 38.0 Å². The molecule has 1 aromatic heterocycles. The molecule has 0 bridgehead atoms. The van der Waals surface area contributed by atoms with Gasteiger partial charge in [-0.1, -0.05) is 57.7 Å². The van der Waals surface area contributed by atoms with E-state index in [0.717, 1.165) is 15.6 Å². The molecule has 0 aliphatic carbocycles. The lowest BCUT2D eigenvalue weighted by atomic mass is 10.2. The molecule has 5 heteroatoms. The van der Waals surface area contributed by atoms with Crippen LogP contribution in [-0.2, 0) is 0 Å². The zero-order valence-electron chi connectivity index (χ0n) is 11.5. The summed E-state index contributed by atoms with van der Waals surface area (Å²) in [6.45, 7) is 0. The summed E-state index contributed by atoms with van der Waals surface area (Å²) in [5.74, 6) is 7.31. The van der Waals surface area contributed by atoms with Crippen LogP contribution in [0.3, 0.4) is 0 Å². The number of thioether (sulfide) groups is 1. The van der Waals surface area contributed by atoms with E-state index < -0.39 is 0 Å². The lowest BCUT2D eigenvalue weighted by Crippen LogP contribution is -1.76. The molecule has 108 valence electrons. The van der Waals surface area contributed by atoms with Crippen molar-refractivity contribution in [2.75, 3.05) is 5.75 Å². The van der Waals surface area contributed by atoms with E-state index in [1.54, 1.807) is 0 Å². The molecule has 0 aliphatic heterocycles. The van der Waals surface area contributed by atoms with Gasteiger partial charge in [-0.05, 0) is 36.4 Å². The second-order valence-electron chi connectivity index (χ2n) is 4.34. The van der Waals surface area contributed by atoms with E-state index in [4.69, 9.17) is 4.42 Å². The van der Waals surface area contributed by atoms with Crippen molar-refractivity contribution in [1.29, 1.82) is 0 Å². The van der Waals surface area contributed by atoms with Gasteiger partial charge in [-0.3, -0.25) is 0 Å². The van der Waals surface area contributed by atoms with Gasteiger partial charge in [0.1, 0.15) is 0 Å². The van der Waals surface area contributed by atoms with Gasteiger partial charge in [0, 0.05) is 15.6 Å². The van der Waals surface area contributed by atoms with Crippen LogP contribution in [0, 0.1) is 11.8 Å². The average Bonchev–Trinajstić information content (AvgIpc) is 3.02. The van der Waals surface area contributed by atoms with Gasteiger partial charge in [0.2, 0.25) is 5.89 Å². The molecule has 0 saturated heterocycles. The number of hydrogen-bond acceptors (Lipinski definition) is 4. The molecule has 22 heavy (non-hydrogen) atoms. The highest BCUT2D eigenvalue weighted by atomic mass is 79.9. The van der Waals surface area contributed by atoms with Gasteiger partial charge in [0.25, 0.3) is 5.22 Å². The molecule has 1 heterocycles. The van der Waals surface area contributed by atoms with E-state index in [-0.39, 0.29) is 0 Å². The Morgan fingerprint density at radius 2 is 1.77 bits per heavy atom. The van der Waals surface area contributed by atoms with Crippen molar-refractivity contribution in [3.05, 3.63) is 64.6 Å². The number of benzene rings is 2. The normalized spacial score (nSPS) is 10.0. The van der Waals surface area contributed by atoms with E-state index in [0.29, 0.717) is 16.9 Å². The SMILES string of the molecule is Brc1ccc(-c2nnc(SCC#Cc3ccccc3)o2)cc1. The predicted octanol–water partition coefficient (Wildman–Crippen LogP) is 4.64. The third-order valence-electron chi connectivity index (χ3n) is 2.77. The summed E-state index contributed by atoms with van der Waals surface area (Å²) in [6.07, 6.45) is 0. The highest BCUT2D eigenvalue weighted by molar-refractivity contribution is 9.10. The summed E-state index contributed by atoms with van der Waals surface area (Å²) in [4.78, 5) is 0. The highest BCUT2D eigenvalue weighted by Gasteiger charge is 2.08. The van der Waals surface area contributed by atoms with Crippen LogP contribution in [0.15, 0.2) is 68.7 Å². The standard InChI is InChI=1S/C17H11BrN2OS/c18-15-10-8-14(9-11-15)16-19-20-17(21-16)22-12-4-7-13-5-2-1-3-6-13/h1-3,5-6,8-11H,12H2. The molecule has 0 fully saturated rings. The molecule has 0 spiro atoms. The monoisotopic (exact) mass is 370 g/mol. The van der Waals surface area contributed by atoms with Gasteiger partial charge in [-0.2, -0.15) is 0 Å². The molecule has 0 aliphatic rings. The van der Waals surface area contributed by atoms with Crippen LogP contribution in [0.1, 0.15) is 5.56 Å². The summed E-state index contributed by atoms with van der Waals surface area (Å²) in [6, 6.07) is 17.6. The largest absolute Gasteiger partial charge is 0.411 e. The van der Waals surface area contributed by atoms with Crippen molar-refractivity contribution in [3.8, 4) is 23.3 Å². The van der Waals surface area contributed by atoms with Crippen LogP contribution in [0.2, 0.25) is 0 Å². The quantitative estimate of drug-likeness (QED) is 0.497. The Morgan fingerprint density at radius 1 is 1.00 bits per heavy atom. The lowest BCUT2D eigenvalue weighted by molar-refractivity contribution is 0.466. The van der Waals surface area contributed by atoms with Crippen molar-refractivity contribution in [3.63, 3.8) is 0 Å². The first-order chi connectivity index (χ1) is 10.8. The fraction of sp³-hybridized carbons (Fsp3) is 0.0588. The van der Waals surface area contributed by atoms with Crippen LogP contribution in [-0.4, -0.2) is 16.0 Å². The van der Waals surface area contributed by atoms with Crippen molar-refractivity contribution >= 4 is 27.7 Å². The molecule has 0 unspecified atom stereocenters. The number of halogens is 1. The van der Waals surface area contributed by atoms with Gasteiger partial charge >= 0.3 is 0 Å². The third-order valence-corrected chi connectivity index (χ3v) is 4.00. The molecular weight excluding hydrogens is 360 g/mol. The van der Waals surface area contributed by atoms with Crippen LogP contribution < -0.4 is 0 Å². The molecular formula is C17H11BrN2OS. The summed E-state index contributed by atoms with van der Waals surface area (Å²) < 4.78 is 6.63. The Labute approximate surface area is 141 Å². The molecule has 0 atom stereocenters. The zero-order valence-corrected chi connectivity index (χ0v) is 13.9. The lowest BCUT2D eigenvalue weighted by Gasteiger charge is -1.94. The smallest absolute Gasteiger partial charge is 0.277 e. The first kappa shape index (κ1) is 14.9. The highest BCUT2D eigenvalue weighted by Crippen LogP contribution is 2.24. The second-order valence-corrected chi connectivity index (χ2v) is 6.18. The van der Waals surface area contributed by atoms with Crippen molar-refractivity contribution in [2.24, 2.45) is 0 Å². The van der Waals surface area contributed by atoms with Gasteiger partial charge in [-0.25, -0.2) is 0 Å². The van der Waals surface area contributed by atoms with Crippen LogP contribution >= 0.6 is 27.7 Å². The molecule has 0 amide bonds. The van der Waals surface area contributed by atoms with E-state index in [9.17, 15) is 0 Å². The number of aromatic nitrogens is 2. The topological polar surface area (TPSA) is 38.9 Å². The summed E-state index contributed by atoms with van der Waals surface area (Å²) in [5, 5.41) is 8.61. The van der Waals surface area contributed by atoms with E-state index in [1.807, 2.05) is 54.6 Å². The predicted molar refractivity (Wildman–Crippen MR) is 91.5 cm³/mol. The minimum absolute atomic E-state index is 0.519. The van der Waals surface area contributed by atoms with Crippen molar-refractivity contribution in [1.82, 2.24) is 10.2 Å². The molecule has 0 radical (unpaired) electrons. The minimum atomic E-state index is 0.519. The Morgan fingerprint density at radius 3 is 2.55 bits per heavy atom. The maximum Gasteiger partial charge on any atom is 0.277 e. The number of nitrogens with zero attached hydrogens (tertiary/aromatic N) is 2. The molecule has 3 nitrogen and oxygen atoms in total. The van der Waals surface area contributed by atoms with Crippen LogP contribution in [0.4, 0.5) is 0 Å². The summed E-state index contributed by atoms with van der Waals surface area (Å²) >= 11 is 4.83. The molecule has 3 rings (SSSR count). The molecule has 0 saturated carbocycles. The Balaban J connectivity index is 1.61. The average molecular weight is 371 g/mol. The Kier molecular flexibility index (Phi) is 4.94. The number of hydrogen-bond donors (Lipinski definition) is 0. The summed E-state index contributed by atoms with van der Waals surface area (Å²) in [5.41, 5.74) is 1.90. The summed E-state index contributed by atoms with van der Waals surface area (Å²) in [7, 11) is 0. The third kappa shape index (κ3) is 4.00. The Hall–Kier alpha value is -2.03. The van der Waals surface area contributed by atoms with Crippen molar-refractivity contribution < 1.29 is 4.42 Å². The van der Waals surface area contributed by atoms with Gasteiger partial charge in [-0.15, -0.1) is 10.2 Å². The Bertz CT molecular complexity index is 804. The molecule has 3 aromatic rings. The minimum Gasteiger partial charge on any atom is -0.411 e. The van der Waals surface area contributed by atoms with Gasteiger partial charge in [0.05, 0.1) is 5.75 Å². The maximum atomic E-state index is 5.62. The van der Waals surface area contributed by atoms with Gasteiger partial charge in [0.15, 0.2) is 0 Å². The number of rotatable bonds is 3. The van der Waals surface area contributed by atoms with Crippen LogP contribution in [0.25, 0.3) is 11.5 Å². The first-order valence-corrected chi connectivity index (χ1v) is 8.35. The molecule has 0 N–H and O–H groups in total. The molecule has 2 aromatic carbocycles. The first-order valence-electron chi connectivity index (χ1n) is 6.57. The fourth-order valence-corrected chi connectivity index (χ4v) is 2.50. The fourth-order valence-electron chi connectivity index (χ4n) is 1.73. The van der Waals surface area contributed by atoms with E-state index >= 15 is 0 Å².